The third-order valence-electron chi connectivity index (χ3n) is 4.14. The third kappa shape index (κ3) is 2.99. The molecule has 2 aliphatic rings. The van der Waals surface area contributed by atoms with E-state index < -0.39 is 74.6 Å². The van der Waals surface area contributed by atoms with Gasteiger partial charge in [0.05, 0.1) is 19.8 Å². The second-order valence-corrected chi connectivity index (χ2v) is 5.61. The van der Waals surface area contributed by atoms with Crippen LogP contribution in [0.4, 0.5) is 0 Å². The molecule has 0 bridgehead atoms. The normalized spacial score (nSPS) is 50.6. The lowest BCUT2D eigenvalue weighted by Gasteiger charge is -2.35. The van der Waals surface area contributed by atoms with E-state index in [-0.39, 0.29) is 0 Å². The Morgan fingerprint density at radius 3 is 1.87 bits per heavy atom. The minimum absolute atomic E-state index is 0.670. The molecule has 11 heteroatoms. The van der Waals surface area contributed by atoms with E-state index in [9.17, 15) is 30.6 Å². The molecule has 23 heavy (non-hydrogen) atoms. The maximum Gasteiger partial charge on any atom is 0.222 e. The topological polar surface area (TPSA) is 190 Å². The highest BCUT2D eigenvalue weighted by atomic mass is 16.8. The fourth-order valence-corrected chi connectivity index (χ4v) is 2.77. The SMILES string of the molecule is OC[C@H]1O[C@@](CO)(O[C@@H]2[C@@H](CO)O[C@@](O)(CO)[C@H]2O)[C@@H](O)[C@@H]1O. The Balaban J connectivity index is 2.24. The average molecular weight is 342 g/mol. The van der Waals surface area contributed by atoms with Crippen LogP contribution in [-0.4, -0.2) is 115 Å². The molecule has 0 spiro atoms. The van der Waals surface area contributed by atoms with Gasteiger partial charge in [-0.2, -0.15) is 0 Å². The van der Waals surface area contributed by atoms with Crippen molar-refractivity contribution in [3.05, 3.63) is 0 Å². The summed E-state index contributed by atoms with van der Waals surface area (Å²) in [7, 11) is 0. The first kappa shape index (κ1) is 18.9. The molecule has 0 aromatic rings. The van der Waals surface area contributed by atoms with Gasteiger partial charge in [0.25, 0.3) is 0 Å². The maximum atomic E-state index is 10.1. The first-order valence-electron chi connectivity index (χ1n) is 7.02. The number of hydrogen-bond donors (Lipinski definition) is 8. The summed E-state index contributed by atoms with van der Waals surface area (Å²) in [5.74, 6) is -4.62. The van der Waals surface area contributed by atoms with E-state index in [0.29, 0.717) is 0 Å². The molecule has 0 aromatic heterocycles. The molecule has 2 saturated heterocycles. The standard InChI is InChI=1S/C12H22O11/c13-1-5-7(17)9(18)12(4-16,22-5)23-8-6(2-14)21-11(20,3-15)10(8)19/h5-10,13-20H,1-4H2/t5-,6-,7-,8-,9+,10+,11+,12+/m1/s1. The van der Waals surface area contributed by atoms with Gasteiger partial charge in [0, 0.05) is 0 Å². The minimum atomic E-state index is -2.41. The lowest BCUT2D eigenvalue weighted by atomic mass is 10.0. The Labute approximate surface area is 130 Å². The lowest BCUT2D eigenvalue weighted by molar-refractivity contribution is -0.307. The van der Waals surface area contributed by atoms with E-state index in [2.05, 4.69) is 0 Å². The van der Waals surface area contributed by atoms with Crippen LogP contribution in [-0.2, 0) is 14.2 Å². The van der Waals surface area contributed by atoms with Crippen LogP contribution in [0.5, 0.6) is 0 Å². The van der Waals surface area contributed by atoms with Crippen molar-refractivity contribution >= 4 is 0 Å². The number of rotatable bonds is 6. The molecule has 0 aromatic carbocycles. The predicted octanol–water partition coefficient (Wildman–Crippen LogP) is -5.39. The zero-order chi connectivity index (χ0) is 17.4. The molecule has 8 atom stereocenters. The first-order valence-corrected chi connectivity index (χ1v) is 7.02. The van der Waals surface area contributed by atoms with Gasteiger partial charge in [-0.3, -0.25) is 0 Å². The average Bonchev–Trinajstić information content (AvgIpc) is 2.95. The Morgan fingerprint density at radius 1 is 0.826 bits per heavy atom. The zero-order valence-electron chi connectivity index (χ0n) is 12.1. The maximum absolute atomic E-state index is 10.1. The summed E-state index contributed by atoms with van der Waals surface area (Å²) in [6, 6.07) is 0. The summed E-state index contributed by atoms with van der Waals surface area (Å²) in [6.45, 7) is -3.34. The third-order valence-corrected chi connectivity index (χ3v) is 4.14. The number of ether oxygens (including phenoxy) is 3. The summed E-state index contributed by atoms with van der Waals surface area (Å²) >= 11 is 0. The summed E-state index contributed by atoms with van der Waals surface area (Å²) in [5.41, 5.74) is 0. The first-order chi connectivity index (χ1) is 10.8. The number of aliphatic hydroxyl groups excluding tert-OH is 7. The van der Waals surface area contributed by atoms with Crippen LogP contribution >= 0.6 is 0 Å². The fourth-order valence-electron chi connectivity index (χ4n) is 2.77. The second-order valence-electron chi connectivity index (χ2n) is 5.61. The van der Waals surface area contributed by atoms with Crippen molar-refractivity contribution in [2.75, 3.05) is 26.4 Å². The van der Waals surface area contributed by atoms with Gasteiger partial charge in [-0.05, 0) is 0 Å². The van der Waals surface area contributed by atoms with Crippen LogP contribution in [0.2, 0.25) is 0 Å². The molecule has 0 radical (unpaired) electrons. The summed E-state index contributed by atoms with van der Waals surface area (Å²) in [4.78, 5) is 0. The monoisotopic (exact) mass is 342 g/mol. The van der Waals surface area contributed by atoms with E-state index in [4.69, 9.17) is 24.4 Å². The van der Waals surface area contributed by atoms with E-state index in [1.165, 1.54) is 0 Å². The molecule has 0 amide bonds. The van der Waals surface area contributed by atoms with Gasteiger partial charge < -0.3 is 55.1 Å². The van der Waals surface area contributed by atoms with Gasteiger partial charge in [0.15, 0.2) is 0 Å². The van der Waals surface area contributed by atoms with Gasteiger partial charge in [0.2, 0.25) is 11.6 Å². The molecule has 0 aliphatic carbocycles. The van der Waals surface area contributed by atoms with Crippen LogP contribution in [0.3, 0.4) is 0 Å². The molecule has 11 nitrogen and oxygen atoms in total. The van der Waals surface area contributed by atoms with E-state index in [0.717, 1.165) is 0 Å². The Kier molecular flexibility index (Phi) is 5.60. The highest BCUT2D eigenvalue weighted by molar-refractivity contribution is 5.02. The van der Waals surface area contributed by atoms with Crippen LogP contribution in [0, 0.1) is 0 Å². The molecule has 2 rings (SSSR count). The van der Waals surface area contributed by atoms with Crippen LogP contribution in [0.25, 0.3) is 0 Å². The molecular weight excluding hydrogens is 320 g/mol. The van der Waals surface area contributed by atoms with Gasteiger partial charge in [-0.1, -0.05) is 0 Å². The van der Waals surface area contributed by atoms with E-state index in [1.807, 2.05) is 0 Å². The molecular formula is C12H22O11. The van der Waals surface area contributed by atoms with Crippen molar-refractivity contribution in [1.29, 1.82) is 0 Å². The zero-order valence-corrected chi connectivity index (χ0v) is 12.1. The van der Waals surface area contributed by atoms with Crippen LogP contribution in [0.1, 0.15) is 0 Å². The van der Waals surface area contributed by atoms with E-state index >= 15 is 0 Å². The highest BCUT2D eigenvalue weighted by Gasteiger charge is 2.61. The number of hydrogen-bond acceptors (Lipinski definition) is 11. The number of aliphatic hydroxyl groups is 8. The Hall–Kier alpha value is -0.440. The van der Waals surface area contributed by atoms with Crippen molar-refractivity contribution in [3.8, 4) is 0 Å². The van der Waals surface area contributed by atoms with Crippen molar-refractivity contribution in [2.24, 2.45) is 0 Å². The van der Waals surface area contributed by atoms with Gasteiger partial charge >= 0.3 is 0 Å². The molecule has 2 aliphatic heterocycles. The molecule has 0 saturated carbocycles. The lowest BCUT2D eigenvalue weighted by Crippen LogP contribution is -2.55. The molecule has 2 heterocycles. The summed E-state index contributed by atoms with van der Waals surface area (Å²) in [5, 5.41) is 76.8. The fraction of sp³-hybridized carbons (Fsp3) is 1.00. The van der Waals surface area contributed by atoms with Gasteiger partial charge in [0.1, 0.15) is 43.2 Å². The quantitative estimate of drug-likeness (QED) is 0.230. The predicted molar refractivity (Wildman–Crippen MR) is 68.7 cm³/mol. The van der Waals surface area contributed by atoms with Gasteiger partial charge in [-0.25, -0.2) is 0 Å². The van der Waals surface area contributed by atoms with Crippen molar-refractivity contribution in [2.45, 2.75) is 48.2 Å². The minimum Gasteiger partial charge on any atom is -0.394 e. The highest BCUT2D eigenvalue weighted by Crippen LogP contribution is 2.38. The summed E-state index contributed by atoms with van der Waals surface area (Å²) in [6.07, 6.45) is -9.24. The van der Waals surface area contributed by atoms with Crippen LogP contribution < -0.4 is 0 Å². The molecule has 2 fully saturated rings. The van der Waals surface area contributed by atoms with Crippen molar-refractivity contribution < 1.29 is 55.1 Å². The van der Waals surface area contributed by atoms with Crippen LogP contribution in [0.15, 0.2) is 0 Å². The second kappa shape index (κ2) is 6.82. The Morgan fingerprint density at radius 2 is 1.43 bits per heavy atom. The largest absolute Gasteiger partial charge is 0.394 e. The van der Waals surface area contributed by atoms with Gasteiger partial charge in [-0.15, -0.1) is 0 Å². The van der Waals surface area contributed by atoms with Crippen molar-refractivity contribution in [3.63, 3.8) is 0 Å². The smallest absolute Gasteiger partial charge is 0.222 e. The summed E-state index contributed by atoms with van der Waals surface area (Å²) < 4.78 is 15.4. The molecule has 8 N–H and O–H groups in total. The molecule has 0 unspecified atom stereocenters. The molecule has 136 valence electrons. The van der Waals surface area contributed by atoms with E-state index in [1.54, 1.807) is 0 Å². The Bertz CT molecular complexity index is 408. The van der Waals surface area contributed by atoms with Crippen molar-refractivity contribution in [1.82, 2.24) is 0 Å².